The van der Waals surface area contributed by atoms with Gasteiger partial charge in [-0.3, -0.25) is 9.59 Å². The molecule has 0 bridgehead atoms. The summed E-state index contributed by atoms with van der Waals surface area (Å²) < 4.78 is 5.45. The minimum absolute atomic E-state index is 0.132. The van der Waals surface area contributed by atoms with E-state index in [0.29, 0.717) is 12.0 Å². The molecule has 2 atom stereocenters. The molecule has 1 aromatic carbocycles. The molecule has 0 heterocycles. The zero-order chi connectivity index (χ0) is 19.2. The van der Waals surface area contributed by atoms with E-state index in [2.05, 4.69) is 0 Å². The molecule has 0 fully saturated rings. The molecule has 0 aliphatic heterocycles. The molecule has 0 aliphatic carbocycles. The van der Waals surface area contributed by atoms with Crippen molar-refractivity contribution in [2.45, 2.75) is 56.8 Å². The fraction of sp³-hybridized carbons (Fsp3) is 0.526. The highest BCUT2D eigenvalue weighted by molar-refractivity contribution is 8.00. The van der Waals surface area contributed by atoms with Crippen LogP contribution in [-0.4, -0.2) is 27.9 Å². The number of nitriles is 1. The summed E-state index contributed by atoms with van der Waals surface area (Å²) in [7, 11) is 0. The maximum atomic E-state index is 12.7. The second-order valence-corrected chi connectivity index (χ2v) is 8.50. The van der Waals surface area contributed by atoms with Crippen molar-refractivity contribution in [1.29, 1.82) is 5.26 Å². The van der Waals surface area contributed by atoms with Crippen LogP contribution >= 0.6 is 11.8 Å². The summed E-state index contributed by atoms with van der Waals surface area (Å²) in [4.78, 5) is 25.2. The van der Waals surface area contributed by atoms with Gasteiger partial charge in [0.1, 0.15) is 10.9 Å². The molecule has 0 radical (unpaired) electrons. The summed E-state index contributed by atoms with van der Waals surface area (Å²) in [6, 6.07) is 8.76. The summed E-state index contributed by atoms with van der Waals surface area (Å²) in [5.74, 6) is -2.26. The van der Waals surface area contributed by atoms with E-state index in [1.54, 1.807) is 45.0 Å². The largest absolute Gasteiger partial charge is 0.481 e. The zero-order valence-corrected chi connectivity index (χ0v) is 16.1. The van der Waals surface area contributed by atoms with Gasteiger partial charge in [-0.15, -0.1) is 11.8 Å². The fourth-order valence-corrected chi connectivity index (χ4v) is 3.39. The smallest absolute Gasteiger partial charge is 0.320 e. The molecule has 0 aromatic heterocycles. The summed E-state index contributed by atoms with van der Waals surface area (Å²) in [6.07, 6.45) is 0.378. The molecule has 0 saturated carbocycles. The van der Waals surface area contributed by atoms with Crippen molar-refractivity contribution in [2.24, 2.45) is 11.8 Å². The molecule has 1 N–H and O–H groups in total. The zero-order valence-electron chi connectivity index (χ0n) is 15.3. The number of esters is 1. The van der Waals surface area contributed by atoms with Gasteiger partial charge in [0.05, 0.1) is 17.6 Å². The Kier molecular flexibility index (Phi) is 7.50. The molecule has 25 heavy (non-hydrogen) atoms. The van der Waals surface area contributed by atoms with E-state index < -0.39 is 28.7 Å². The van der Waals surface area contributed by atoms with Gasteiger partial charge < -0.3 is 9.84 Å². The number of aliphatic carboxylic acids is 1. The molecule has 6 heteroatoms. The van der Waals surface area contributed by atoms with Crippen LogP contribution in [0.4, 0.5) is 0 Å². The lowest BCUT2D eigenvalue weighted by atomic mass is 9.94. The van der Waals surface area contributed by atoms with E-state index in [-0.39, 0.29) is 5.92 Å². The van der Waals surface area contributed by atoms with Crippen molar-refractivity contribution in [3.63, 3.8) is 0 Å². The molecule has 1 aromatic rings. The highest BCUT2D eigenvalue weighted by atomic mass is 32.2. The van der Waals surface area contributed by atoms with Crippen molar-refractivity contribution in [1.82, 2.24) is 0 Å². The Bertz CT molecular complexity index is 641. The standard InChI is InChI=1S/C19H25NO4S/c1-12(2)10-15(17(21)22)16(18(23)24-19(3,4)5)25-14-8-6-13(11-20)7-9-14/h6-9,12,15-16H,10H2,1-5H3,(H,21,22)/t15-,16-/m1/s1. The highest BCUT2D eigenvalue weighted by Crippen LogP contribution is 2.33. The first kappa shape index (κ1) is 21.0. The minimum atomic E-state index is -1.01. The van der Waals surface area contributed by atoms with Crippen molar-refractivity contribution in [2.75, 3.05) is 0 Å². The van der Waals surface area contributed by atoms with Gasteiger partial charge in [0, 0.05) is 4.90 Å². The number of ether oxygens (including phenoxy) is 1. The number of rotatable bonds is 7. The van der Waals surface area contributed by atoms with Gasteiger partial charge in [0.2, 0.25) is 0 Å². The van der Waals surface area contributed by atoms with Crippen molar-refractivity contribution in [3.8, 4) is 6.07 Å². The van der Waals surface area contributed by atoms with Gasteiger partial charge in [-0.1, -0.05) is 13.8 Å². The van der Waals surface area contributed by atoms with E-state index >= 15 is 0 Å². The average molecular weight is 363 g/mol. The Hall–Kier alpha value is -2.00. The minimum Gasteiger partial charge on any atom is -0.481 e. The second-order valence-electron chi connectivity index (χ2n) is 7.28. The molecular weight excluding hydrogens is 338 g/mol. The maximum absolute atomic E-state index is 12.7. The quantitative estimate of drug-likeness (QED) is 0.579. The van der Waals surface area contributed by atoms with E-state index in [9.17, 15) is 14.7 Å². The lowest BCUT2D eigenvalue weighted by molar-refractivity contribution is -0.159. The number of benzene rings is 1. The first-order chi connectivity index (χ1) is 11.5. The third-order valence-corrected chi connectivity index (χ3v) is 4.61. The fourth-order valence-electron chi connectivity index (χ4n) is 2.27. The average Bonchev–Trinajstić information content (AvgIpc) is 2.49. The molecule has 5 nitrogen and oxygen atoms in total. The van der Waals surface area contributed by atoms with Crippen LogP contribution in [0.1, 0.15) is 46.6 Å². The predicted molar refractivity (Wildman–Crippen MR) is 97.2 cm³/mol. The Morgan fingerprint density at radius 2 is 1.80 bits per heavy atom. The van der Waals surface area contributed by atoms with E-state index in [4.69, 9.17) is 10.00 Å². The Labute approximate surface area is 153 Å². The monoisotopic (exact) mass is 363 g/mol. The highest BCUT2D eigenvalue weighted by Gasteiger charge is 2.37. The van der Waals surface area contributed by atoms with Crippen molar-refractivity contribution in [3.05, 3.63) is 29.8 Å². The van der Waals surface area contributed by atoms with Crippen LogP contribution in [0.5, 0.6) is 0 Å². The van der Waals surface area contributed by atoms with Gasteiger partial charge in [-0.05, 0) is 57.4 Å². The lowest BCUT2D eigenvalue weighted by Gasteiger charge is -2.27. The van der Waals surface area contributed by atoms with Crippen LogP contribution in [0.3, 0.4) is 0 Å². The molecule has 1 rings (SSSR count). The van der Waals surface area contributed by atoms with Gasteiger partial charge in [0.15, 0.2) is 0 Å². The number of carboxylic acids is 1. The predicted octanol–water partition coefficient (Wildman–Crippen LogP) is 4.11. The SMILES string of the molecule is CC(C)C[C@@H](C(=O)O)[C@@H](Sc1ccc(C#N)cc1)C(=O)OC(C)(C)C. The van der Waals surface area contributed by atoms with Gasteiger partial charge >= 0.3 is 11.9 Å². The first-order valence-electron chi connectivity index (χ1n) is 8.16. The Balaban J connectivity index is 3.13. The normalized spacial score (nSPS) is 13.8. The summed E-state index contributed by atoms with van der Waals surface area (Å²) in [6.45, 7) is 9.12. The Morgan fingerprint density at radius 3 is 2.20 bits per heavy atom. The number of nitrogens with zero attached hydrogens (tertiary/aromatic N) is 1. The van der Waals surface area contributed by atoms with E-state index in [0.717, 1.165) is 4.90 Å². The van der Waals surface area contributed by atoms with Crippen molar-refractivity contribution < 1.29 is 19.4 Å². The third-order valence-electron chi connectivity index (χ3n) is 3.29. The van der Waals surface area contributed by atoms with Crippen LogP contribution in [0, 0.1) is 23.2 Å². The van der Waals surface area contributed by atoms with Crippen LogP contribution < -0.4 is 0 Å². The molecule has 136 valence electrons. The van der Waals surface area contributed by atoms with Gasteiger partial charge in [-0.25, -0.2) is 0 Å². The Morgan fingerprint density at radius 1 is 1.24 bits per heavy atom. The number of hydrogen-bond donors (Lipinski definition) is 1. The molecule has 0 saturated heterocycles. The first-order valence-corrected chi connectivity index (χ1v) is 9.04. The van der Waals surface area contributed by atoms with E-state index in [1.807, 2.05) is 19.9 Å². The number of thioether (sulfide) groups is 1. The number of carbonyl (C=O) groups is 2. The van der Waals surface area contributed by atoms with Crippen molar-refractivity contribution >= 4 is 23.7 Å². The molecule has 0 aliphatic rings. The van der Waals surface area contributed by atoms with E-state index in [1.165, 1.54) is 11.8 Å². The lowest BCUT2D eigenvalue weighted by Crippen LogP contribution is -2.38. The summed E-state index contributed by atoms with van der Waals surface area (Å²) >= 11 is 1.17. The van der Waals surface area contributed by atoms with Crippen LogP contribution in [0.25, 0.3) is 0 Å². The van der Waals surface area contributed by atoms with Gasteiger partial charge in [-0.2, -0.15) is 5.26 Å². The molecule has 0 spiro atoms. The second kappa shape index (κ2) is 8.91. The summed E-state index contributed by atoms with van der Waals surface area (Å²) in [5, 5.41) is 17.7. The topological polar surface area (TPSA) is 87.4 Å². The number of carboxylic acid groups (broad SMARTS) is 1. The molecular formula is C19H25NO4S. The van der Waals surface area contributed by atoms with Crippen LogP contribution in [0.15, 0.2) is 29.2 Å². The molecule has 0 amide bonds. The van der Waals surface area contributed by atoms with Crippen LogP contribution in [0.2, 0.25) is 0 Å². The molecule has 0 unspecified atom stereocenters. The number of carbonyl (C=O) groups excluding carboxylic acids is 1. The van der Waals surface area contributed by atoms with Gasteiger partial charge in [0.25, 0.3) is 0 Å². The van der Waals surface area contributed by atoms with Crippen LogP contribution in [-0.2, 0) is 14.3 Å². The summed E-state index contributed by atoms with van der Waals surface area (Å²) in [5.41, 5.74) is -0.184. The third kappa shape index (κ3) is 7.18. The maximum Gasteiger partial charge on any atom is 0.320 e. The number of hydrogen-bond acceptors (Lipinski definition) is 5.